The predicted octanol–water partition coefficient (Wildman–Crippen LogP) is 5.37. The summed E-state index contributed by atoms with van der Waals surface area (Å²) in [7, 11) is 3.58. The molecule has 0 bridgehead atoms. The summed E-state index contributed by atoms with van der Waals surface area (Å²) in [6, 6.07) is 12.2. The predicted molar refractivity (Wildman–Crippen MR) is 113 cm³/mol. The molecule has 3 nitrogen and oxygen atoms in total. The van der Waals surface area contributed by atoms with Gasteiger partial charge in [0.2, 0.25) is 0 Å². The topological polar surface area (TPSA) is 24.8 Å². The van der Waals surface area contributed by atoms with Gasteiger partial charge < -0.3 is 9.64 Å². The van der Waals surface area contributed by atoms with Crippen molar-refractivity contribution in [2.75, 3.05) is 27.2 Å². The highest BCUT2D eigenvalue weighted by molar-refractivity contribution is 9.10. The van der Waals surface area contributed by atoms with Crippen LogP contribution in [0.25, 0.3) is 0 Å². The Kier molecular flexibility index (Phi) is 6.60. The van der Waals surface area contributed by atoms with Crippen LogP contribution in [0.2, 0.25) is 5.02 Å². The van der Waals surface area contributed by atoms with Gasteiger partial charge in [0, 0.05) is 35.2 Å². The van der Waals surface area contributed by atoms with Crippen LogP contribution in [0.5, 0.6) is 5.75 Å². The summed E-state index contributed by atoms with van der Waals surface area (Å²) < 4.78 is 6.57. The minimum atomic E-state index is 0.803. The van der Waals surface area contributed by atoms with Gasteiger partial charge in [-0.1, -0.05) is 39.7 Å². The van der Waals surface area contributed by atoms with Crippen LogP contribution in [0.15, 0.2) is 45.9 Å². The molecule has 0 aromatic heterocycles. The molecule has 0 spiro atoms. The van der Waals surface area contributed by atoms with Gasteiger partial charge in [0.1, 0.15) is 11.6 Å². The average Bonchev–Trinajstić information content (AvgIpc) is 3.16. The number of methoxy groups -OCH3 is 1. The van der Waals surface area contributed by atoms with E-state index in [0.29, 0.717) is 0 Å². The molecule has 0 N–H and O–H groups in total. The zero-order valence-corrected chi connectivity index (χ0v) is 17.6. The van der Waals surface area contributed by atoms with E-state index in [1.54, 1.807) is 7.11 Å². The van der Waals surface area contributed by atoms with Crippen LogP contribution in [0.1, 0.15) is 29.5 Å². The van der Waals surface area contributed by atoms with Gasteiger partial charge in [-0.05, 0) is 61.1 Å². The normalized spacial score (nSPS) is 14.8. The monoisotopic (exact) mass is 434 g/mol. The van der Waals surface area contributed by atoms with Gasteiger partial charge in [-0.3, -0.25) is 4.99 Å². The van der Waals surface area contributed by atoms with E-state index < -0.39 is 0 Å². The van der Waals surface area contributed by atoms with Gasteiger partial charge >= 0.3 is 0 Å². The molecule has 26 heavy (non-hydrogen) atoms. The van der Waals surface area contributed by atoms with Gasteiger partial charge in [-0.15, -0.1) is 0 Å². The van der Waals surface area contributed by atoms with Crippen LogP contribution in [-0.4, -0.2) is 38.0 Å². The average molecular weight is 436 g/mol. The number of hydrogen-bond acceptors (Lipinski definition) is 2. The molecule has 0 unspecified atom stereocenters. The number of halogens is 2. The van der Waals surface area contributed by atoms with Crippen molar-refractivity contribution in [1.29, 1.82) is 0 Å². The Morgan fingerprint density at radius 3 is 2.65 bits per heavy atom. The largest absolute Gasteiger partial charge is 0.496 e. The molecular formula is C21H24BrClN2O. The summed E-state index contributed by atoms with van der Waals surface area (Å²) in [6.45, 7) is 2.14. The second-order valence-electron chi connectivity index (χ2n) is 6.46. The fraction of sp³-hybridized carbons (Fsp3) is 0.381. The summed E-state index contributed by atoms with van der Waals surface area (Å²) in [5, 5.41) is 0.803. The molecule has 0 atom stereocenters. The van der Waals surface area contributed by atoms with Gasteiger partial charge in [0.25, 0.3) is 0 Å². The quantitative estimate of drug-likeness (QED) is 0.466. The fourth-order valence-corrected chi connectivity index (χ4v) is 4.26. The van der Waals surface area contributed by atoms with Crippen molar-refractivity contribution >= 4 is 33.4 Å². The van der Waals surface area contributed by atoms with Crippen molar-refractivity contribution in [1.82, 2.24) is 4.90 Å². The molecular weight excluding hydrogens is 412 g/mol. The Morgan fingerprint density at radius 2 is 1.96 bits per heavy atom. The number of ether oxygens (including phenoxy) is 1. The number of amidine groups is 1. The van der Waals surface area contributed by atoms with Gasteiger partial charge in [-0.25, -0.2) is 0 Å². The molecule has 0 radical (unpaired) electrons. The second-order valence-corrected chi connectivity index (χ2v) is 7.79. The van der Waals surface area contributed by atoms with E-state index in [1.165, 1.54) is 18.4 Å². The molecule has 2 aromatic rings. The molecule has 5 heteroatoms. The van der Waals surface area contributed by atoms with Crippen molar-refractivity contribution in [3.63, 3.8) is 0 Å². The number of nitrogens with zero attached hydrogens (tertiary/aromatic N) is 2. The minimum absolute atomic E-state index is 0.803. The summed E-state index contributed by atoms with van der Waals surface area (Å²) >= 11 is 10.1. The third kappa shape index (κ3) is 4.24. The highest BCUT2D eigenvalue weighted by atomic mass is 79.9. The van der Waals surface area contributed by atoms with Crippen LogP contribution in [-0.2, 0) is 12.8 Å². The van der Waals surface area contributed by atoms with Crippen molar-refractivity contribution < 1.29 is 4.74 Å². The first-order valence-electron chi connectivity index (χ1n) is 8.96. The molecule has 1 aliphatic rings. The summed E-state index contributed by atoms with van der Waals surface area (Å²) in [5.41, 5.74) is 3.48. The standard InChI is InChI=1S/C21H24BrClN2O/c1-24-21(25-12-3-4-13-25)18-6-5-7-19(23)17(18)10-8-15-14-16(22)9-11-20(15)26-2/h5-7,9,11,14H,3-4,8,10,12-13H2,1-2H3. The Hall–Kier alpha value is -1.52. The van der Waals surface area contributed by atoms with Crippen LogP contribution < -0.4 is 4.74 Å². The van der Waals surface area contributed by atoms with E-state index in [4.69, 9.17) is 16.3 Å². The first kappa shape index (κ1) is 19.2. The lowest BCUT2D eigenvalue weighted by atomic mass is 9.98. The second kappa shape index (κ2) is 8.92. The lowest BCUT2D eigenvalue weighted by molar-refractivity contribution is 0.409. The summed E-state index contributed by atoms with van der Waals surface area (Å²) in [6.07, 6.45) is 4.15. The van der Waals surface area contributed by atoms with E-state index in [1.807, 2.05) is 31.3 Å². The van der Waals surface area contributed by atoms with Crippen molar-refractivity contribution in [3.05, 3.63) is 62.6 Å². The van der Waals surface area contributed by atoms with E-state index in [2.05, 4.69) is 38.0 Å². The van der Waals surface area contributed by atoms with Crippen LogP contribution in [0, 0.1) is 0 Å². The Bertz CT molecular complexity index is 801. The van der Waals surface area contributed by atoms with Gasteiger partial charge in [-0.2, -0.15) is 0 Å². The van der Waals surface area contributed by atoms with Crippen molar-refractivity contribution in [2.45, 2.75) is 25.7 Å². The summed E-state index contributed by atoms with van der Waals surface area (Å²) in [4.78, 5) is 6.97. The van der Waals surface area contributed by atoms with Crippen molar-refractivity contribution in [2.24, 2.45) is 4.99 Å². The van der Waals surface area contributed by atoms with Gasteiger partial charge in [0.05, 0.1) is 7.11 Å². The number of rotatable bonds is 5. The zero-order valence-electron chi connectivity index (χ0n) is 15.3. The van der Waals surface area contributed by atoms with E-state index >= 15 is 0 Å². The first-order chi connectivity index (χ1) is 12.6. The molecule has 1 heterocycles. The number of hydrogen-bond donors (Lipinski definition) is 0. The first-order valence-corrected chi connectivity index (χ1v) is 10.1. The van der Waals surface area contributed by atoms with E-state index in [9.17, 15) is 0 Å². The number of benzene rings is 2. The molecule has 3 rings (SSSR count). The minimum Gasteiger partial charge on any atom is -0.496 e. The zero-order chi connectivity index (χ0) is 18.5. The number of aryl methyl sites for hydroxylation is 1. The number of aliphatic imine (C=N–C) groups is 1. The Labute approximate surface area is 169 Å². The van der Waals surface area contributed by atoms with E-state index in [-0.39, 0.29) is 0 Å². The fourth-order valence-electron chi connectivity index (χ4n) is 3.59. The maximum atomic E-state index is 6.59. The lowest BCUT2D eigenvalue weighted by Gasteiger charge is -2.23. The SMILES string of the molecule is CN=C(c1cccc(Cl)c1CCc1cc(Br)ccc1OC)N1CCCC1. The molecule has 0 aliphatic carbocycles. The van der Waals surface area contributed by atoms with Crippen LogP contribution in [0.4, 0.5) is 0 Å². The highest BCUT2D eigenvalue weighted by Crippen LogP contribution is 2.28. The molecule has 1 fully saturated rings. The van der Waals surface area contributed by atoms with Crippen LogP contribution in [0.3, 0.4) is 0 Å². The lowest BCUT2D eigenvalue weighted by Crippen LogP contribution is -2.29. The van der Waals surface area contributed by atoms with Crippen molar-refractivity contribution in [3.8, 4) is 5.75 Å². The summed E-state index contributed by atoms with van der Waals surface area (Å²) in [5.74, 6) is 1.96. The Morgan fingerprint density at radius 1 is 1.19 bits per heavy atom. The highest BCUT2D eigenvalue weighted by Gasteiger charge is 2.21. The Balaban J connectivity index is 1.90. The molecule has 0 saturated carbocycles. The maximum Gasteiger partial charge on any atom is 0.130 e. The molecule has 2 aromatic carbocycles. The molecule has 1 aliphatic heterocycles. The van der Waals surface area contributed by atoms with E-state index in [0.717, 1.165) is 58.1 Å². The maximum absolute atomic E-state index is 6.59. The third-order valence-electron chi connectivity index (χ3n) is 4.86. The molecule has 138 valence electrons. The molecule has 1 saturated heterocycles. The smallest absolute Gasteiger partial charge is 0.130 e. The number of likely N-dealkylation sites (tertiary alicyclic amines) is 1. The van der Waals surface area contributed by atoms with Crippen LogP contribution >= 0.6 is 27.5 Å². The van der Waals surface area contributed by atoms with Gasteiger partial charge in [0.15, 0.2) is 0 Å². The molecule has 0 amide bonds. The third-order valence-corrected chi connectivity index (χ3v) is 5.71.